The second-order valence-corrected chi connectivity index (χ2v) is 6.09. The first-order valence-electron chi connectivity index (χ1n) is 5.89. The van der Waals surface area contributed by atoms with Crippen LogP contribution < -0.4 is 0 Å². The lowest BCUT2D eigenvalue weighted by Crippen LogP contribution is -2.37. The van der Waals surface area contributed by atoms with Gasteiger partial charge in [-0.05, 0) is 23.7 Å². The third-order valence-corrected chi connectivity index (χ3v) is 5.63. The van der Waals surface area contributed by atoms with Crippen molar-refractivity contribution in [1.82, 2.24) is 0 Å². The quantitative estimate of drug-likeness (QED) is 0.676. The molecule has 0 aliphatic heterocycles. The Labute approximate surface area is 96.5 Å². The van der Waals surface area contributed by atoms with E-state index in [-0.39, 0.29) is 22.2 Å². The highest BCUT2D eigenvalue weighted by Crippen LogP contribution is 2.71. The Balaban J connectivity index is 2.37. The molecule has 0 heterocycles. The van der Waals surface area contributed by atoms with Crippen LogP contribution in [0.25, 0.3) is 0 Å². The number of hydrogen-bond donors (Lipinski definition) is 0. The molecule has 3 nitrogen and oxygen atoms in total. The topological polar surface area (TPSA) is 43.4 Å². The van der Waals surface area contributed by atoms with Gasteiger partial charge in [-0.25, -0.2) is 0 Å². The summed E-state index contributed by atoms with van der Waals surface area (Å²) < 4.78 is 4.77. The smallest absolute Gasteiger partial charge is 0.306 e. The number of hydrogen-bond acceptors (Lipinski definition) is 3. The van der Waals surface area contributed by atoms with Crippen molar-refractivity contribution in [3.63, 3.8) is 0 Å². The van der Waals surface area contributed by atoms with Crippen LogP contribution in [0, 0.1) is 16.2 Å². The van der Waals surface area contributed by atoms with Crippen LogP contribution in [0.15, 0.2) is 0 Å². The van der Waals surface area contributed by atoms with Gasteiger partial charge in [0.05, 0.1) is 13.5 Å². The Morgan fingerprint density at radius 1 is 1.31 bits per heavy atom. The highest BCUT2D eigenvalue weighted by atomic mass is 16.5. The van der Waals surface area contributed by atoms with Crippen molar-refractivity contribution in [2.45, 2.75) is 46.5 Å². The largest absolute Gasteiger partial charge is 0.469 e. The van der Waals surface area contributed by atoms with Gasteiger partial charge >= 0.3 is 5.97 Å². The van der Waals surface area contributed by atoms with Gasteiger partial charge in [-0.3, -0.25) is 9.59 Å². The second-order valence-electron chi connectivity index (χ2n) is 6.09. The van der Waals surface area contributed by atoms with E-state index in [0.29, 0.717) is 18.6 Å². The van der Waals surface area contributed by atoms with Gasteiger partial charge in [-0.1, -0.05) is 20.8 Å². The van der Waals surface area contributed by atoms with E-state index in [2.05, 4.69) is 20.8 Å². The lowest BCUT2D eigenvalue weighted by atomic mass is 9.64. The van der Waals surface area contributed by atoms with Gasteiger partial charge in [-0.15, -0.1) is 0 Å². The van der Waals surface area contributed by atoms with E-state index in [1.165, 1.54) is 7.11 Å². The molecule has 0 saturated heterocycles. The van der Waals surface area contributed by atoms with Crippen LogP contribution in [0.1, 0.15) is 46.5 Å². The van der Waals surface area contributed by atoms with Crippen LogP contribution in [0.3, 0.4) is 0 Å². The maximum atomic E-state index is 12.1. The van der Waals surface area contributed by atoms with Crippen molar-refractivity contribution in [2.75, 3.05) is 7.11 Å². The number of esters is 1. The van der Waals surface area contributed by atoms with E-state index in [9.17, 15) is 9.59 Å². The molecule has 0 N–H and O–H groups in total. The van der Waals surface area contributed by atoms with Crippen LogP contribution in [0.4, 0.5) is 0 Å². The predicted molar refractivity (Wildman–Crippen MR) is 59.8 cm³/mol. The minimum Gasteiger partial charge on any atom is -0.469 e. The van der Waals surface area contributed by atoms with Crippen molar-refractivity contribution in [2.24, 2.45) is 16.2 Å². The first kappa shape index (κ1) is 11.6. The molecule has 2 rings (SSSR count). The van der Waals surface area contributed by atoms with Crippen LogP contribution >= 0.6 is 0 Å². The van der Waals surface area contributed by atoms with Crippen LogP contribution in [-0.2, 0) is 14.3 Å². The minimum absolute atomic E-state index is 0.0920. The summed E-state index contributed by atoms with van der Waals surface area (Å²) in [5, 5.41) is 0. The molecule has 2 bridgehead atoms. The standard InChI is InChI=1S/C13H20O3/c1-11(2)12(3)5-6-13(11,7-9(12)14)8-10(15)16-4/h5-8H2,1-4H3/t12-,13-/m1/s1. The fourth-order valence-corrected chi connectivity index (χ4v) is 3.72. The van der Waals surface area contributed by atoms with E-state index >= 15 is 0 Å². The van der Waals surface area contributed by atoms with Crippen LogP contribution in [0.5, 0.6) is 0 Å². The van der Waals surface area contributed by atoms with E-state index < -0.39 is 0 Å². The molecular formula is C13H20O3. The summed E-state index contributed by atoms with van der Waals surface area (Å²) in [5.41, 5.74) is -0.488. The van der Waals surface area contributed by atoms with Crippen molar-refractivity contribution in [1.29, 1.82) is 0 Å². The van der Waals surface area contributed by atoms with Crippen LogP contribution in [-0.4, -0.2) is 18.9 Å². The van der Waals surface area contributed by atoms with Gasteiger partial charge in [0.15, 0.2) is 0 Å². The summed E-state index contributed by atoms with van der Waals surface area (Å²) in [6.45, 7) is 6.32. The average molecular weight is 224 g/mol. The predicted octanol–water partition coefficient (Wildman–Crippen LogP) is 2.33. The zero-order valence-corrected chi connectivity index (χ0v) is 10.6. The minimum atomic E-state index is -0.235. The van der Waals surface area contributed by atoms with Gasteiger partial charge in [0, 0.05) is 11.8 Å². The number of carbonyl (C=O) groups is 2. The Hall–Kier alpha value is -0.860. The molecule has 0 aromatic heterocycles. The van der Waals surface area contributed by atoms with Crippen molar-refractivity contribution in [3.8, 4) is 0 Å². The monoisotopic (exact) mass is 224 g/mol. The Morgan fingerprint density at radius 2 is 1.94 bits per heavy atom. The molecule has 0 aromatic rings. The van der Waals surface area contributed by atoms with Gasteiger partial charge in [-0.2, -0.15) is 0 Å². The summed E-state index contributed by atoms with van der Waals surface area (Å²) >= 11 is 0. The molecule has 2 saturated carbocycles. The van der Waals surface area contributed by atoms with Gasteiger partial charge in [0.2, 0.25) is 0 Å². The average Bonchev–Trinajstić information content (AvgIpc) is 2.47. The van der Waals surface area contributed by atoms with Gasteiger partial charge in [0.1, 0.15) is 5.78 Å². The lowest BCUT2D eigenvalue weighted by Gasteiger charge is -2.39. The maximum absolute atomic E-state index is 12.1. The highest BCUT2D eigenvalue weighted by molar-refractivity contribution is 5.91. The number of fused-ring (bicyclic) bond motifs is 2. The van der Waals surface area contributed by atoms with Crippen LogP contribution in [0.2, 0.25) is 0 Å². The van der Waals surface area contributed by atoms with E-state index in [4.69, 9.17) is 4.74 Å². The molecule has 3 heteroatoms. The van der Waals surface area contributed by atoms with Gasteiger partial charge in [0.25, 0.3) is 0 Å². The molecule has 2 atom stereocenters. The molecule has 0 radical (unpaired) electrons. The number of Topliss-reactive ketones (excluding diaryl/α,β-unsaturated/α-hetero) is 1. The van der Waals surface area contributed by atoms with Crippen molar-refractivity contribution >= 4 is 11.8 Å². The Bertz CT molecular complexity index is 358. The SMILES string of the molecule is COC(=O)C[C@@]12CC[C@](C)(C(=O)C1)C2(C)C. The zero-order valence-electron chi connectivity index (χ0n) is 10.6. The molecule has 2 aliphatic rings. The highest BCUT2D eigenvalue weighted by Gasteiger charge is 2.69. The molecule has 0 spiro atoms. The molecule has 2 fully saturated rings. The third kappa shape index (κ3) is 1.09. The van der Waals surface area contributed by atoms with Crippen molar-refractivity contribution in [3.05, 3.63) is 0 Å². The maximum Gasteiger partial charge on any atom is 0.306 e. The van der Waals surface area contributed by atoms with E-state index in [1.807, 2.05) is 0 Å². The van der Waals surface area contributed by atoms with E-state index in [0.717, 1.165) is 12.8 Å². The number of methoxy groups -OCH3 is 1. The summed E-state index contributed by atoms with van der Waals surface area (Å²) in [5.74, 6) is 0.139. The summed E-state index contributed by atoms with van der Waals surface area (Å²) in [4.78, 5) is 23.6. The third-order valence-electron chi connectivity index (χ3n) is 5.63. The summed E-state index contributed by atoms with van der Waals surface area (Å²) in [6, 6.07) is 0. The normalized spacial score (nSPS) is 40.1. The first-order chi connectivity index (χ1) is 7.29. The molecular weight excluding hydrogens is 204 g/mol. The molecule has 0 amide bonds. The summed E-state index contributed by atoms with van der Waals surface area (Å²) in [6.07, 6.45) is 2.82. The molecule has 0 aromatic carbocycles. The van der Waals surface area contributed by atoms with Gasteiger partial charge < -0.3 is 4.74 Å². The molecule has 90 valence electrons. The fourth-order valence-electron chi connectivity index (χ4n) is 3.72. The fraction of sp³-hybridized carbons (Fsp3) is 0.846. The first-order valence-corrected chi connectivity index (χ1v) is 5.89. The number of ether oxygens (including phenoxy) is 1. The zero-order chi connectivity index (χ0) is 12.2. The second kappa shape index (κ2) is 3.08. The van der Waals surface area contributed by atoms with E-state index in [1.54, 1.807) is 0 Å². The molecule has 2 aliphatic carbocycles. The Morgan fingerprint density at radius 3 is 2.31 bits per heavy atom. The Kier molecular flexibility index (Phi) is 2.24. The lowest BCUT2D eigenvalue weighted by molar-refractivity contribution is -0.145. The summed E-state index contributed by atoms with van der Waals surface area (Å²) in [7, 11) is 1.41. The number of rotatable bonds is 2. The number of carbonyl (C=O) groups excluding carboxylic acids is 2. The van der Waals surface area contributed by atoms with Crippen molar-refractivity contribution < 1.29 is 14.3 Å². The molecule has 0 unspecified atom stereocenters. The number of ketones is 1. The molecule has 16 heavy (non-hydrogen) atoms.